The van der Waals surface area contributed by atoms with Gasteiger partial charge in [0, 0.05) is 11.9 Å². The summed E-state index contributed by atoms with van der Waals surface area (Å²) in [7, 11) is 1.86. The van der Waals surface area contributed by atoms with E-state index in [9.17, 15) is 9.59 Å². The predicted molar refractivity (Wildman–Crippen MR) is 115 cm³/mol. The lowest BCUT2D eigenvalue weighted by atomic mass is 9.87. The van der Waals surface area contributed by atoms with Gasteiger partial charge in [-0.3, -0.25) is 14.2 Å². The molecule has 1 aromatic carbocycles. The van der Waals surface area contributed by atoms with Crippen LogP contribution in [0.2, 0.25) is 0 Å². The van der Waals surface area contributed by atoms with Gasteiger partial charge in [0.25, 0.3) is 5.56 Å². The van der Waals surface area contributed by atoms with Crippen LogP contribution in [0.4, 0.5) is 0 Å². The van der Waals surface area contributed by atoms with Crippen LogP contribution >= 0.6 is 11.3 Å². The summed E-state index contributed by atoms with van der Waals surface area (Å²) in [6.45, 7) is 0.0432. The molecule has 5 rings (SSSR count). The summed E-state index contributed by atoms with van der Waals surface area (Å²) >= 11 is 1.64. The van der Waals surface area contributed by atoms with Gasteiger partial charge in [0.05, 0.1) is 17.8 Å². The van der Waals surface area contributed by atoms with Gasteiger partial charge in [-0.1, -0.05) is 24.3 Å². The first-order chi connectivity index (χ1) is 14.1. The number of rotatable bonds is 3. The normalized spacial score (nSPS) is 18.3. The highest BCUT2D eigenvalue weighted by Crippen LogP contribution is 2.34. The molecule has 2 aliphatic carbocycles. The van der Waals surface area contributed by atoms with Gasteiger partial charge in [0.2, 0.25) is 5.91 Å². The summed E-state index contributed by atoms with van der Waals surface area (Å²) in [4.78, 5) is 34.7. The smallest absolute Gasteiger partial charge is 0.262 e. The summed E-state index contributed by atoms with van der Waals surface area (Å²) in [5.74, 6) is -0.0425. The monoisotopic (exact) mass is 407 g/mol. The number of aryl methyl sites for hydroxylation is 3. The zero-order valence-electron chi connectivity index (χ0n) is 16.7. The minimum absolute atomic E-state index is 0.0425. The second-order valence-electron chi connectivity index (χ2n) is 8.18. The van der Waals surface area contributed by atoms with Crippen molar-refractivity contribution in [2.24, 2.45) is 0 Å². The molecule has 2 heterocycles. The Morgan fingerprint density at radius 2 is 2.03 bits per heavy atom. The summed E-state index contributed by atoms with van der Waals surface area (Å²) < 4.78 is 1.50. The Bertz CT molecular complexity index is 1150. The van der Waals surface area contributed by atoms with E-state index in [0.29, 0.717) is 0 Å². The van der Waals surface area contributed by atoms with Crippen LogP contribution in [0.25, 0.3) is 10.2 Å². The Hall–Kier alpha value is -2.47. The molecule has 29 heavy (non-hydrogen) atoms. The van der Waals surface area contributed by atoms with Crippen LogP contribution in [0.5, 0.6) is 0 Å². The first-order valence-electron chi connectivity index (χ1n) is 10.5. The second kappa shape index (κ2) is 7.41. The lowest BCUT2D eigenvalue weighted by Gasteiger charge is -2.33. The van der Waals surface area contributed by atoms with Crippen LogP contribution < -0.4 is 5.56 Å². The van der Waals surface area contributed by atoms with Gasteiger partial charge in [-0.15, -0.1) is 11.3 Å². The minimum atomic E-state index is -0.0693. The van der Waals surface area contributed by atoms with Crippen molar-refractivity contribution in [3.63, 3.8) is 0 Å². The highest BCUT2D eigenvalue weighted by atomic mass is 32.1. The Morgan fingerprint density at radius 3 is 2.93 bits per heavy atom. The molecular formula is C23H25N3O2S. The molecule has 0 unspecified atom stereocenters. The van der Waals surface area contributed by atoms with E-state index in [4.69, 9.17) is 0 Å². The average molecular weight is 408 g/mol. The number of hydrogen-bond donors (Lipinski definition) is 0. The minimum Gasteiger partial charge on any atom is -0.337 e. The van der Waals surface area contributed by atoms with Crippen molar-refractivity contribution < 1.29 is 4.79 Å². The van der Waals surface area contributed by atoms with E-state index in [1.807, 2.05) is 18.0 Å². The highest BCUT2D eigenvalue weighted by Gasteiger charge is 2.27. The summed E-state index contributed by atoms with van der Waals surface area (Å²) in [5.41, 5.74) is 3.67. The second-order valence-corrected chi connectivity index (χ2v) is 9.26. The van der Waals surface area contributed by atoms with E-state index in [-0.39, 0.29) is 24.1 Å². The number of nitrogens with zero attached hydrogens (tertiary/aromatic N) is 3. The molecule has 0 radical (unpaired) electrons. The van der Waals surface area contributed by atoms with E-state index in [2.05, 4.69) is 23.2 Å². The summed E-state index contributed by atoms with van der Waals surface area (Å²) in [6, 6.07) is 8.46. The summed E-state index contributed by atoms with van der Waals surface area (Å²) in [6.07, 6.45) is 8.94. The summed E-state index contributed by atoms with van der Waals surface area (Å²) in [5, 5.41) is 0.741. The molecule has 150 valence electrons. The third-order valence-corrected chi connectivity index (χ3v) is 7.65. The number of carbonyl (C=O) groups is 1. The lowest BCUT2D eigenvalue weighted by Crippen LogP contribution is -2.37. The number of thiophene rings is 1. The Kier molecular flexibility index (Phi) is 4.74. The largest absolute Gasteiger partial charge is 0.337 e. The number of hydrogen-bond acceptors (Lipinski definition) is 4. The van der Waals surface area contributed by atoms with Gasteiger partial charge in [0.1, 0.15) is 11.4 Å². The molecule has 2 aromatic heterocycles. The number of amides is 1. The highest BCUT2D eigenvalue weighted by molar-refractivity contribution is 7.18. The number of likely N-dealkylation sites (N-methyl/N-ethyl adjacent to an activating group) is 1. The van der Waals surface area contributed by atoms with Crippen molar-refractivity contribution in [1.82, 2.24) is 14.5 Å². The molecule has 3 aromatic rings. The van der Waals surface area contributed by atoms with Crippen LogP contribution in [-0.4, -0.2) is 27.4 Å². The number of benzene rings is 1. The SMILES string of the molecule is CN(C(=O)Cn1cnc2sc3c(c2c1=O)CCCC3)[C@H]1CCCc2ccccc21. The zero-order valence-corrected chi connectivity index (χ0v) is 17.5. The third-order valence-electron chi connectivity index (χ3n) is 6.45. The fourth-order valence-corrected chi connectivity index (χ4v) is 6.07. The van der Waals surface area contributed by atoms with Crippen molar-refractivity contribution in [3.05, 3.63) is 62.5 Å². The van der Waals surface area contributed by atoms with Gasteiger partial charge in [-0.05, 0) is 61.6 Å². The third kappa shape index (κ3) is 3.19. The maximum Gasteiger partial charge on any atom is 0.262 e. The van der Waals surface area contributed by atoms with Crippen LogP contribution in [0.15, 0.2) is 35.4 Å². The van der Waals surface area contributed by atoms with Crippen LogP contribution in [0.3, 0.4) is 0 Å². The number of carbonyl (C=O) groups excluding carboxylic acids is 1. The van der Waals surface area contributed by atoms with E-state index in [1.54, 1.807) is 17.7 Å². The van der Waals surface area contributed by atoms with Gasteiger partial charge in [-0.25, -0.2) is 4.98 Å². The molecule has 2 aliphatic rings. The molecule has 0 bridgehead atoms. The van der Waals surface area contributed by atoms with E-state index >= 15 is 0 Å². The van der Waals surface area contributed by atoms with Crippen molar-refractivity contribution in [3.8, 4) is 0 Å². The molecule has 0 saturated heterocycles. The molecule has 0 fully saturated rings. The lowest BCUT2D eigenvalue weighted by molar-refractivity contribution is -0.133. The predicted octanol–water partition coefficient (Wildman–Crippen LogP) is 3.87. The molecule has 0 N–H and O–H groups in total. The molecule has 0 aliphatic heterocycles. The van der Waals surface area contributed by atoms with E-state index in [0.717, 1.165) is 48.7 Å². The van der Waals surface area contributed by atoms with Crippen molar-refractivity contribution >= 4 is 27.5 Å². The molecule has 1 amide bonds. The topological polar surface area (TPSA) is 55.2 Å². The molecule has 5 nitrogen and oxygen atoms in total. The maximum absolute atomic E-state index is 13.2. The quantitative estimate of drug-likeness (QED) is 0.662. The van der Waals surface area contributed by atoms with Gasteiger partial charge < -0.3 is 4.90 Å². The van der Waals surface area contributed by atoms with E-state index in [1.165, 1.54) is 32.6 Å². The van der Waals surface area contributed by atoms with Gasteiger partial charge in [-0.2, -0.15) is 0 Å². The van der Waals surface area contributed by atoms with E-state index < -0.39 is 0 Å². The zero-order chi connectivity index (χ0) is 20.0. The van der Waals surface area contributed by atoms with Crippen LogP contribution in [-0.2, 0) is 30.6 Å². The Labute approximate surface area is 174 Å². The first kappa shape index (κ1) is 18.6. The van der Waals surface area contributed by atoms with Crippen molar-refractivity contribution in [1.29, 1.82) is 0 Å². The number of aromatic nitrogens is 2. The van der Waals surface area contributed by atoms with Crippen molar-refractivity contribution in [2.75, 3.05) is 7.05 Å². The fraction of sp³-hybridized carbons (Fsp3) is 0.435. The average Bonchev–Trinajstić information content (AvgIpc) is 3.14. The molecule has 0 spiro atoms. The van der Waals surface area contributed by atoms with Crippen LogP contribution in [0.1, 0.15) is 53.3 Å². The van der Waals surface area contributed by atoms with Gasteiger partial charge >= 0.3 is 0 Å². The standard InChI is InChI=1S/C23H25N3O2S/c1-25(18-11-6-8-15-7-2-3-9-16(15)18)20(27)13-26-14-24-22-21(23(26)28)17-10-4-5-12-19(17)29-22/h2-3,7,9,14,18H,4-6,8,10-13H2,1H3/t18-/m0/s1. The first-order valence-corrected chi connectivity index (χ1v) is 11.3. The Morgan fingerprint density at radius 1 is 1.21 bits per heavy atom. The van der Waals surface area contributed by atoms with Gasteiger partial charge in [0.15, 0.2) is 0 Å². The maximum atomic E-state index is 13.2. The molecule has 6 heteroatoms. The molecule has 1 atom stereocenters. The Balaban J connectivity index is 1.43. The van der Waals surface area contributed by atoms with Crippen molar-refractivity contribution in [2.45, 2.75) is 57.5 Å². The molecule has 0 saturated carbocycles. The van der Waals surface area contributed by atoms with Crippen LogP contribution in [0, 0.1) is 0 Å². The number of fused-ring (bicyclic) bond motifs is 4. The molecular weight excluding hydrogens is 382 g/mol. The fourth-order valence-electron chi connectivity index (χ4n) is 4.86.